The average molecular weight is 224 g/mol. The molecule has 0 bridgehead atoms. The van der Waals surface area contributed by atoms with Gasteiger partial charge in [-0.2, -0.15) is 0 Å². The van der Waals surface area contributed by atoms with E-state index >= 15 is 0 Å². The molecule has 0 spiro atoms. The van der Waals surface area contributed by atoms with Crippen molar-refractivity contribution in [2.45, 2.75) is 19.4 Å². The van der Waals surface area contributed by atoms with Gasteiger partial charge in [-0.1, -0.05) is 11.6 Å². The molecule has 3 nitrogen and oxygen atoms in total. The maximum atomic E-state index is 6.06. The molecule has 15 heavy (non-hydrogen) atoms. The highest BCUT2D eigenvalue weighted by Crippen LogP contribution is 2.18. The van der Waals surface area contributed by atoms with Crippen LogP contribution in [-0.2, 0) is 6.42 Å². The highest BCUT2D eigenvalue weighted by molar-refractivity contribution is 6.33. The lowest BCUT2D eigenvalue weighted by atomic mass is 10.2. The van der Waals surface area contributed by atoms with Crippen LogP contribution in [0.5, 0.6) is 0 Å². The molecule has 0 aromatic carbocycles. The van der Waals surface area contributed by atoms with E-state index < -0.39 is 0 Å². The van der Waals surface area contributed by atoms with Crippen molar-refractivity contribution in [3.8, 4) is 0 Å². The predicted molar refractivity (Wildman–Crippen MR) is 62.4 cm³/mol. The van der Waals surface area contributed by atoms with Crippen LogP contribution in [0, 0.1) is 0 Å². The number of halogens is 1. The first-order valence-corrected chi connectivity index (χ1v) is 5.38. The monoisotopic (exact) mass is 223 g/mol. The Morgan fingerprint density at radius 2 is 2.40 bits per heavy atom. The molecule has 80 valence electrons. The molecule has 2 rings (SSSR count). The van der Waals surface area contributed by atoms with Gasteiger partial charge in [0.2, 0.25) is 0 Å². The first-order chi connectivity index (χ1) is 7.22. The summed E-state index contributed by atoms with van der Waals surface area (Å²) in [5, 5.41) is 3.94. The van der Waals surface area contributed by atoms with Gasteiger partial charge in [-0.3, -0.25) is 0 Å². The average Bonchev–Trinajstić information content (AvgIpc) is 2.63. The van der Waals surface area contributed by atoms with E-state index in [9.17, 15) is 0 Å². The lowest BCUT2D eigenvalue weighted by Crippen LogP contribution is -2.24. The fourth-order valence-electron chi connectivity index (χ4n) is 1.57. The fourth-order valence-corrected chi connectivity index (χ4v) is 1.78. The van der Waals surface area contributed by atoms with E-state index in [1.54, 1.807) is 0 Å². The molecule has 0 aliphatic rings. The van der Waals surface area contributed by atoms with Crippen LogP contribution >= 0.6 is 11.6 Å². The van der Waals surface area contributed by atoms with Crippen molar-refractivity contribution in [3.05, 3.63) is 35.4 Å². The number of likely N-dealkylation sites (N-methyl/N-ethyl adjacent to an activating group) is 1. The van der Waals surface area contributed by atoms with Crippen molar-refractivity contribution in [1.82, 2.24) is 14.7 Å². The summed E-state index contributed by atoms with van der Waals surface area (Å²) in [6.07, 6.45) is 4.71. The number of nitrogens with zero attached hydrogens (tertiary/aromatic N) is 2. The van der Waals surface area contributed by atoms with Gasteiger partial charge in [0.15, 0.2) is 0 Å². The smallest absolute Gasteiger partial charge is 0.114 e. The number of aromatic nitrogens is 2. The Kier molecular flexibility index (Phi) is 2.93. The Hall–Kier alpha value is -1.06. The summed E-state index contributed by atoms with van der Waals surface area (Å²) in [4.78, 5) is 4.38. The van der Waals surface area contributed by atoms with Gasteiger partial charge < -0.3 is 9.72 Å². The van der Waals surface area contributed by atoms with E-state index in [-0.39, 0.29) is 0 Å². The number of rotatable bonds is 3. The van der Waals surface area contributed by atoms with Crippen LogP contribution in [0.25, 0.3) is 5.52 Å². The fraction of sp³-hybridized carbons (Fsp3) is 0.364. The Morgan fingerprint density at radius 1 is 1.60 bits per heavy atom. The molecule has 2 heterocycles. The molecule has 1 N–H and O–H groups in total. The molecule has 1 unspecified atom stereocenters. The lowest BCUT2D eigenvalue weighted by molar-refractivity contribution is 0.590. The topological polar surface area (TPSA) is 29.3 Å². The van der Waals surface area contributed by atoms with Crippen LogP contribution in [-0.4, -0.2) is 22.5 Å². The summed E-state index contributed by atoms with van der Waals surface area (Å²) in [6, 6.07) is 4.23. The van der Waals surface area contributed by atoms with Crippen molar-refractivity contribution < 1.29 is 0 Å². The van der Waals surface area contributed by atoms with Crippen molar-refractivity contribution >= 4 is 17.1 Å². The third kappa shape index (κ3) is 1.98. The van der Waals surface area contributed by atoms with Gasteiger partial charge in [-0.25, -0.2) is 4.98 Å². The number of hydrogen-bond donors (Lipinski definition) is 1. The highest BCUT2D eigenvalue weighted by atomic mass is 35.5. The van der Waals surface area contributed by atoms with Crippen LogP contribution in [0.2, 0.25) is 5.02 Å². The quantitative estimate of drug-likeness (QED) is 0.864. The standard InChI is InChI=1S/C11H14ClN3/c1-8(13-2)6-11-14-7-10-9(12)4-3-5-15(10)11/h3-5,7-8,13H,6H2,1-2H3. The second-order valence-electron chi connectivity index (χ2n) is 3.68. The van der Waals surface area contributed by atoms with E-state index in [2.05, 4.69) is 17.2 Å². The minimum atomic E-state index is 0.412. The molecule has 0 aliphatic heterocycles. The van der Waals surface area contributed by atoms with Gasteiger partial charge in [0.05, 0.1) is 16.7 Å². The van der Waals surface area contributed by atoms with E-state index in [1.165, 1.54) is 0 Å². The first kappa shape index (κ1) is 10.5. The number of pyridine rings is 1. The number of hydrogen-bond acceptors (Lipinski definition) is 2. The molecule has 0 saturated carbocycles. The molecule has 4 heteroatoms. The van der Waals surface area contributed by atoms with Gasteiger partial charge in [0.25, 0.3) is 0 Å². The third-order valence-corrected chi connectivity index (χ3v) is 2.90. The minimum absolute atomic E-state index is 0.412. The Balaban J connectivity index is 2.41. The summed E-state index contributed by atoms with van der Waals surface area (Å²) in [6.45, 7) is 2.13. The molecule has 0 saturated heterocycles. The molecule has 0 radical (unpaired) electrons. The van der Waals surface area contributed by atoms with E-state index in [4.69, 9.17) is 11.6 Å². The van der Waals surface area contributed by atoms with E-state index in [0.717, 1.165) is 22.8 Å². The van der Waals surface area contributed by atoms with Crippen LogP contribution in [0.3, 0.4) is 0 Å². The molecular formula is C11H14ClN3. The van der Waals surface area contributed by atoms with Crippen LogP contribution in [0.1, 0.15) is 12.7 Å². The number of imidazole rings is 1. The number of nitrogens with one attached hydrogen (secondary N) is 1. The Labute approximate surface area is 94.1 Å². The summed E-state index contributed by atoms with van der Waals surface area (Å²) in [5.41, 5.74) is 0.970. The summed E-state index contributed by atoms with van der Waals surface area (Å²) in [7, 11) is 1.95. The molecule has 0 amide bonds. The molecular weight excluding hydrogens is 210 g/mol. The highest BCUT2D eigenvalue weighted by Gasteiger charge is 2.08. The van der Waals surface area contributed by atoms with E-state index in [0.29, 0.717) is 6.04 Å². The second-order valence-corrected chi connectivity index (χ2v) is 4.09. The minimum Gasteiger partial charge on any atom is -0.317 e. The van der Waals surface area contributed by atoms with Gasteiger partial charge in [-0.05, 0) is 26.1 Å². The van der Waals surface area contributed by atoms with Gasteiger partial charge in [-0.15, -0.1) is 0 Å². The molecule has 2 aromatic rings. The largest absolute Gasteiger partial charge is 0.317 e. The normalized spacial score (nSPS) is 13.3. The first-order valence-electron chi connectivity index (χ1n) is 5.00. The van der Waals surface area contributed by atoms with Crippen molar-refractivity contribution in [3.63, 3.8) is 0 Å². The maximum absolute atomic E-state index is 6.06. The van der Waals surface area contributed by atoms with Crippen molar-refractivity contribution in [2.75, 3.05) is 7.05 Å². The van der Waals surface area contributed by atoms with Crippen LogP contribution < -0.4 is 5.32 Å². The summed E-state index contributed by atoms with van der Waals surface area (Å²) in [5.74, 6) is 1.04. The van der Waals surface area contributed by atoms with Gasteiger partial charge in [0, 0.05) is 18.7 Å². The Bertz CT molecular complexity index is 464. The van der Waals surface area contributed by atoms with Gasteiger partial charge >= 0.3 is 0 Å². The maximum Gasteiger partial charge on any atom is 0.114 e. The lowest BCUT2D eigenvalue weighted by Gasteiger charge is -2.08. The Morgan fingerprint density at radius 3 is 3.13 bits per heavy atom. The van der Waals surface area contributed by atoms with Crippen molar-refractivity contribution in [1.29, 1.82) is 0 Å². The summed E-state index contributed by atoms with van der Waals surface area (Å²) >= 11 is 6.06. The van der Waals surface area contributed by atoms with Gasteiger partial charge in [0.1, 0.15) is 5.82 Å². The zero-order chi connectivity index (χ0) is 10.8. The third-order valence-electron chi connectivity index (χ3n) is 2.58. The second kappa shape index (κ2) is 4.21. The van der Waals surface area contributed by atoms with Crippen molar-refractivity contribution in [2.24, 2.45) is 0 Å². The number of fused-ring (bicyclic) bond motifs is 1. The molecule has 0 fully saturated rings. The zero-order valence-corrected chi connectivity index (χ0v) is 9.62. The molecule has 2 aromatic heterocycles. The molecule has 0 aliphatic carbocycles. The SMILES string of the molecule is CNC(C)Cc1ncc2c(Cl)cccn12. The predicted octanol–water partition coefficient (Wildman–Crippen LogP) is 2.14. The molecule has 1 atom stereocenters. The zero-order valence-electron chi connectivity index (χ0n) is 8.87. The van der Waals surface area contributed by atoms with Crippen LogP contribution in [0.4, 0.5) is 0 Å². The van der Waals surface area contributed by atoms with E-state index in [1.807, 2.05) is 36.0 Å². The summed E-state index contributed by atoms with van der Waals surface area (Å²) < 4.78 is 2.04. The van der Waals surface area contributed by atoms with Crippen LogP contribution in [0.15, 0.2) is 24.5 Å².